The van der Waals surface area contributed by atoms with Gasteiger partial charge in [0.25, 0.3) is 0 Å². The van der Waals surface area contributed by atoms with E-state index in [9.17, 15) is 9.18 Å². The number of hydrogen-bond acceptors (Lipinski definition) is 5. The molecule has 1 aromatic carbocycles. The number of halogens is 2. The van der Waals surface area contributed by atoms with Gasteiger partial charge in [-0.2, -0.15) is 10.2 Å². The first-order valence-electron chi connectivity index (χ1n) is 10.3. The highest BCUT2D eigenvalue weighted by atomic mass is 35.5. The van der Waals surface area contributed by atoms with Crippen molar-refractivity contribution in [2.75, 3.05) is 5.73 Å². The number of aryl methyl sites for hydroxylation is 1. The molecule has 4 aromatic rings. The van der Waals surface area contributed by atoms with Gasteiger partial charge >= 0.3 is 0 Å². The summed E-state index contributed by atoms with van der Waals surface area (Å²) in [6, 6.07) is 7.84. The van der Waals surface area contributed by atoms with E-state index in [1.165, 1.54) is 12.1 Å². The molecule has 2 bridgehead atoms. The summed E-state index contributed by atoms with van der Waals surface area (Å²) in [5.74, 6) is -1.21. The minimum atomic E-state index is -0.670. The number of ketones is 1. The molecule has 0 unspecified atom stereocenters. The first-order valence-corrected chi connectivity index (χ1v) is 10.6. The Balaban J connectivity index is 1.85. The number of anilines is 1. The standard InChI is InChI=1S/C23H20ClFN6O/c1-3-17-21-12-6-16(23(26)27-9-12)22(32)11(2)15-7-13(25)4-5-14(15)19-8-20(24)30-31(19)10-18(21)29-28-17/h4-9,11H,3,10H2,1-2H3,(H2,26,27)(H,28,29)/t11-/m1/s1. The number of nitrogens with zero attached hydrogens (tertiary/aromatic N) is 4. The van der Waals surface area contributed by atoms with E-state index in [1.54, 1.807) is 36.0 Å². The SMILES string of the molecule is CCc1n[nH]c2c1-c1cnc(N)c(c1)C(=O)[C@H](C)c1cc(F)ccc1-c1cc(Cl)nn1C2. The van der Waals surface area contributed by atoms with E-state index >= 15 is 0 Å². The zero-order valence-corrected chi connectivity index (χ0v) is 18.2. The number of hydrogen-bond donors (Lipinski definition) is 2. The van der Waals surface area contributed by atoms with Gasteiger partial charge in [0.15, 0.2) is 10.9 Å². The van der Waals surface area contributed by atoms with Crippen LogP contribution in [0.25, 0.3) is 22.4 Å². The monoisotopic (exact) mass is 450 g/mol. The summed E-state index contributed by atoms with van der Waals surface area (Å²) in [5.41, 5.74) is 11.5. The maximum absolute atomic E-state index is 14.3. The maximum atomic E-state index is 14.3. The Labute approximate surface area is 188 Å². The van der Waals surface area contributed by atoms with Crippen molar-refractivity contribution in [2.24, 2.45) is 0 Å². The van der Waals surface area contributed by atoms with Gasteiger partial charge in [0, 0.05) is 34.9 Å². The number of fused-ring (bicyclic) bond motifs is 7. The molecule has 7 nitrogen and oxygen atoms in total. The maximum Gasteiger partial charge on any atom is 0.173 e. The number of nitrogen functional groups attached to an aromatic ring is 1. The van der Waals surface area contributed by atoms with Crippen molar-refractivity contribution >= 4 is 23.2 Å². The molecule has 0 spiro atoms. The van der Waals surface area contributed by atoms with Crippen LogP contribution < -0.4 is 5.73 Å². The van der Waals surface area contributed by atoms with Crippen molar-refractivity contribution in [1.82, 2.24) is 25.0 Å². The largest absolute Gasteiger partial charge is 0.383 e. The Morgan fingerprint density at radius 3 is 2.88 bits per heavy atom. The fourth-order valence-electron chi connectivity index (χ4n) is 4.31. The molecular formula is C23H20ClFN6O. The number of nitrogens with two attached hydrogens (primary N) is 1. The average Bonchev–Trinajstić information content (AvgIpc) is 3.35. The van der Waals surface area contributed by atoms with E-state index in [2.05, 4.69) is 20.3 Å². The molecule has 162 valence electrons. The molecule has 9 heteroatoms. The van der Waals surface area contributed by atoms with Gasteiger partial charge in [-0.15, -0.1) is 0 Å². The van der Waals surface area contributed by atoms with Crippen LogP contribution in [0, 0.1) is 5.82 Å². The molecule has 0 radical (unpaired) electrons. The smallest absolute Gasteiger partial charge is 0.173 e. The van der Waals surface area contributed by atoms with Crippen molar-refractivity contribution in [1.29, 1.82) is 0 Å². The van der Waals surface area contributed by atoms with Crippen LogP contribution in [0.15, 0.2) is 36.5 Å². The molecule has 4 heterocycles. The summed E-state index contributed by atoms with van der Waals surface area (Å²) in [5, 5.41) is 12.3. The quantitative estimate of drug-likeness (QED) is 0.440. The van der Waals surface area contributed by atoms with E-state index in [4.69, 9.17) is 17.3 Å². The molecule has 0 saturated carbocycles. The van der Waals surface area contributed by atoms with Crippen LogP contribution >= 0.6 is 11.6 Å². The normalized spacial score (nSPS) is 15.4. The number of nitrogens with one attached hydrogen (secondary N) is 1. The van der Waals surface area contributed by atoms with Crippen molar-refractivity contribution in [2.45, 2.75) is 32.7 Å². The predicted octanol–water partition coefficient (Wildman–Crippen LogP) is 4.62. The van der Waals surface area contributed by atoms with Gasteiger partial charge in [-0.05, 0) is 36.2 Å². The zero-order valence-electron chi connectivity index (χ0n) is 17.5. The number of rotatable bonds is 1. The highest BCUT2D eigenvalue weighted by Crippen LogP contribution is 2.37. The van der Waals surface area contributed by atoms with Crippen LogP contribution in [0.3, 0.4) is 0 Å². The topological polar surface area (TPSA) is 102 Å². The van der Waals surface area contributed by atoms with Crippen molar-refractivity contribution < 1.29 is 9.18 Å². The molecule has 0 saturated heterocycles. The number of Topliss-reactive ketones (excluding diaryl/α,β-unsaturated/α-hetero) is 1. The zero-order chi connectivity index (χ0) is 22.6. The van der Waals surface area contributed by atoms with Crippen LogP contribution in [-0.2, 0) is 13.0 Å². The number of H-pyrrole nitrogens is 1. The van der Waals surface area contributed by atoms with E-state index in [1.807, 2.05) is 6.92 Å². The third-order valence-electron chi connectivity index (χ3n) is 5.93. The van der Waals surface area contributed by atoms with E-state index in [-0.39, 0.29) is 11.6 Å². The highest BCUT2D eigenvalue weighted by Gasteiger charge is 2.27. The van der Waals surface area contributed by atoms with E-state index in [0.717, 1.165) is 22.5 Å². The number of benzene rings is 1. The lowest BCUT2D eigenvalue weighted by molar-refractivity contribution is 0.0967. The summed E-state index contributed by atoms with van der Waals surface area (Å²) in [6.45, 7) is 4.09. The van der Waals surface area contributed by atoms with Gasteiger partial charge in [0.1, 0.15) is 11.6 Å². The number of aromatic amines is 1. The highest BCUT2D eigenvalue weighted by molar-refractivity contribution is 6.29. The molecule has 1 aliphatic heterocycles. The number of aromatic nitrogens is 5. The van der Waals surface area contributed by atoms with Crippen LogP contribution in [0.4, 0.5) is 10.2 Å². The van der Waals surface area contributed by atoms with Crippen molar-refractivity contribution in [3.05, 3.63) is 70.0 Å². The second-order valence-electron chi connectivity index (χ2n) is 7.86. The average molecular weight is 451 g/mol. The molecule has 1 aliphatic rings. The Kier molecular flexibility index (Phi) is 4.82. The van der Waals surface area contributed by atoms with E-state index < -0.39 is 11.7 Å². The van der Waals surface area contributed by atoms with Gasteiger partial charge in [0.05, 0.1) is 29.2 Å². The third kappa shape index (κ3) is 3.18. The second-order valence-corrected chi connectivity index (χ2v) is 8.25. The number of pyridine rings is 1. The first-order chi connectivity index (χ1) is 15.4. The fraction of sp³-hybridized carbons (Fsp3) is 0.217. The molecule has 3 aromatic heterocycles. The van der Waals surface area contributed by atoms with Crippen LogP contribution in [0.1, 0.15) is 47.1 Å². The van der Waals surface area contributed by atoms with Crippen LogP contribution in [-0.4, -0.2) is 30.7 Å². The summed E-state index contributed by atoms with van der Waals surface area (Å²) >= 11 is 6.28. The molecule has 3 N–H and O–H groups in total. The minimum Gasteiger partial charge on any atom is -0.383 e. The Morgan fingerprint density at radius 2 is 2.09 bits per heavy atom. The molecule has 0 amide bonds. The first kappa shape index (κ1) is 20.4. The lowest BCUT2D eigenvalue weighted by Gasteiger charge is -2.19. The van der Waals surface area contributed by atoms with Gasteiger partial charge in [-0.1, -0.05) is 25.4 Å². The fourth-order valence-corrected chi connectivity index (χ4v) is 4.51. The lowest BCUT2D eigenvalue weighted by atomic mass is 9.87. The predicted molar refractivity (Wildman–Crippen MR) is 120 cm³/mol. The Hall–Kier alpha value is -3.52. The molecule has 0 fully saturated rings. The lowest BCUT2D eigenvalue weighted by Crippen LogP contribution is -2.16. The van der Waals surface area contributed by atoms with Gasteiger partial charge in [-0.3, -0.25) is 14.6 Å². The number of carbonyl (C=O) groups excluding carboxylic acids is 1. The van der Waals surface area contributed by atoms with Crippen LogP contribution in [0.2, 0.25) is 5.15 Å². The summed E-state index contributed by atoms with van der Waals surface area (Å²) < 4.78 is 16.0. The van der Waals surface area contributed by atoms with Gasteiger partial charge in [-0.25, -0.2) is 9.37 Å². The van der Waals surface area contributed by atoms with Crippen molar-refractivity contribution in [3.63, 3.8) is 0 Å². The molecular weight excluding hydrogens is 431 g/mol. The molecule has 1 atom stereocenters. The molecule has 0 aliphatic carbocycles. The number of carbonyl (C=O) groups is 1. The minimum absolute atomic E-state index is 0.136. The van der Waals surface area contributed by atoms with Crippen molar-refractivity contribution in [3.8, 4) is 22.4 Å². The van der Waals surface area contributed by atoms with E-state index in [0.29, 0.717) is 40.5 Å². The summed E-state index contributed by atoms with van der Waals surface area (Å²) in [6.07, 6.45) is 2.32. The Morgan fingerprint density at radius 1 is 1.28 bits per heavy atom. The van der Waals surface area contributed by atoms with Gasteiger partial charge < -0.3 is 5.73 Å². The third-order valence-corrected chi connectivity index (χ3v) is 6.12. The molecule has 5 rings (SSSR count). The Bertz CT molecular complexity index is 1380. The van der Waals surface area contributed by atoms with Gasteiger partial charge in [0.2, 0.25) is 0 Å². The summed E-state index contributed by atoms with van der Waals surface area (Å²) in [4.78, 5) is 17.8. The summed E-state index contributed by atoms with van der Waals surface area (Å²) in [7, 11) is 0. The molecule has 32 heavy (non-hydrogen) atoms. The van der Waals surface area contributed by atoms with Crippen LogP contribution in [0.5, 0.6) is 0 Å². The second kappa shape index (κ2) is 7.56.